The summed E-state index contributed by atoms with van der Waals surface area (Å²) in [6.45, 7) is 4.59. The van der Waals surface area contributed by atoms with Crippen molar-refractivity contribution < 1.29 is 27.6 Å². The summed E-state index contributed by atoms with van der Waals surface area (Å²) in [7, 11) is 1.41. The van der Waals surface area contributed by atoms with E-state index in [4.69, 9.17) is 4.74 Å². The second kappa shape index (κ2) is 6.53. The maximum absolute atomic E-state index is 12.9. The molecule has 0 aromatic heterocycles. The summed E-state index contributed by atoms with van der Waals surface area (Å²) < 4.78 is 43.6. The van der Waals surface area contributed by atoms with Crippen molar-refractivity contribution in [3.8, 4) is 0 Å². The highest BCUT2D eigenvalue weighted by Crippen LogP contribution is 2.34. The first-order valence-corrected chi connectivity index (χ1v) is 6.57. The summed E-state index contributed by atoms with van der Waals surface area (Å²) in [6.07, 6.45) is -4.80. The molecule has 1 amide bonds. The Kier molecular flexibility index (Phi) is 5.36. The van der Waals surface area contributed by atoms with Crippen molar-refractivity contribution in [2.24, 2.45) is 0 Å². The fourth-order valence-corrected chi connectivity index (χ4v) is 2.06. The van der Waals surface area contributed by atoms with Crippen LogP contribution in [0, 0.1) is 17.0 Å². The Morgan fingerprint density at radius 1 is 1.35 bits per heavy atom. The lowest BCUT2D eigenvalue weighted by Gasteiger charge is -2.25. The largest absolute Gasteiger partial charge is 0.416 e. The number of hydrogen-bond acceptors (Lipinski definition) is 4. The van der Waals surface area contributed by atoms with Crippen molar-refractivity contribution in [2.75, 3.05) is 13.7 Å². The Morgan fingerprint density at radius 3 is 2.35 bits per heavy atom. The smallest absolute Gasteiger partial charge is 0.382 e. The summed E-state index contributed by atoms with van der Waals surface area (Å²) in [5, 5.41) is 13.5. The number of hydrogen-bond donors (Lipinski definition) is 1. The molecule has 0 bridgehead atoms. The van der Waals surface area contributed by atoms with Crippen molar-refractivity contribution in [3.05, 3.63) is 38.9 Å². The third kappa shape index (κ3) is 4.65. The van der Waals surface area contributed by atoms with Gasteiger partial charge in [-0.25, -0.2) is 0 Å². The molecule has 23 heavy (non-hydrogen) atoms. The fraction of sp³-hybridized carbons (Fsp3) is 0.500. The number of carbonyl (C=O) groups excluding carboxylic acids is 1. The van der Waals surface area contributed by atoms with E-state index in [2.05, 4.69) is 5.32 Å². The van der Waals surface area contributed by atoms with Crippen LogP contribution in [-0.2, 0) is 10.9 Å². The molecule has 6 nitrogen and oxygen atoms in total. The van der Waals surface area contributed by atoms with Gasteiger partial charge in [-0.3, -0.25) is 14.9 Å². The number of halogens is 3. The van der Waals surface area contributed by atoms with Gasteiger partial charge in [-0.15, -0.1) is 0 Å². The van der Waals surface area contributed by atoms with E-state index >= 15 is 0 Å². The molecule has 0 spiro atoms. The Hall–Kier alpha value is -2.16. The number of nitro benzene ring substituents is 1. The van der Waals surface area contributed by atoms with Crippen LogP contribution in [0.2, 0.25) is 0 Å². The third-order valence-corrected chi connectivity index (χ3v) is 3.11. The molecule has 0 atom stereocenters. The second-order valence-corrected chi connectivity index (χ2v) is 5.69. The molecule has 0 radical (unpaired) electrons. The first-order valence-electron chi connectivity index (χ1n) is 6.57. The van der Waals surface area contributed by atoms with Crippen molar-refractivity contribution >= 4 is 11.6 Å². The first-order chi connectivity index (χ1) is 10.4. The quantitative estimate of drug-likeness (QED) is 0.663. The van der Waals surface area contributed by atoms with E-state index in [0.717, 1.165) is 0 Å². The third-order valence-electron chi connectivity index (χ3n) is 3.11. The molecule has 0 fully saturated rings. The van der Waals surface area contributed by atoms with E-state index in [1.54, 1.807) is 13.8 Å². The van der Waals surface area contributed by atoms with E-state index in [-0.39, 0.29) is 12.2 Å². The molecular weight excluding hydrogens is 317 g/mol. The number of nitrogens with one attached hydrogen (secondary N) is 1. The zero-order valence-corrected chi connectivity index (χ0v) is 13.1. The fourth-order valence-electron chi connectivity index (χ4n) is 2.06. The molecule has 9 heteroatoms. The molecule has 0 aliphatic rings. The minimum Gasteiger partial charge on any atom is -0.382 e. The van der Waals surface area contributed by atoms with Crippen LogP contribution in [0.1, 0.15) is 35.3 Å². The van der Waals surface area contributed by atoms with Crippen LogP contribution in [0.4, 0.5) is 18.9 Å². The van der Waals surface area contributed by atoms with Crippen LogP contribution in [0.3, 0.4) is 0 Å². The highest BCUT2D eigenvalue weighted by molar-refractivity contribution is 5.97. The van der Waals surface area contributed by atoms with E-state index < -0.39 is 39.4 Å². The number of amides is 1. The Morgan fingerprint density at radius 2 is 1.91 bits per heavy atom. The number of benzene rings is 1. The second-order valence-electron chi connectivity index (χ2n) is 5.69. The highest BCUT2D eigenvalue weighted by Gasteiger charge is 2.35. The topological polar surface area (TPSA) is 81.5 Å². The van der Waals surface area contributed by atoms with Gasteiger partial charge in [-0.1, -0.05) is 0 Å². The van der Waals surface area contributed by atoms with Gasteiger partial charge in [0.2, 0.25) is 0 Å². The van der Waals surface area contributed by atoms with Crippen LogP contribution in [0.15, 0.2) is 12.1 Å². The van der Waals surface area contributed by atoms with Gasteiger partial charge in [-0.2, -0.15) is 13.2 Å². The summed E-state index contributed by atoms with van der Waals surface area (Å²) in [5.41, 5.74) is -3.37. The van der Waals surface area contributed by atoms with Crippen molar-refractivity contribution in [1.29, 1.82) is 0 Å². The van der Waals surface area contributed by atoms with Gasteiger partial charge in [0.1, 0.15) is 0 Å². The molecule has 1 rings (SSSR count). The summed E-state index contributed by atoms with van der Waals surface area (Å²) in [4.78, 5) is 22.3. The summed E-state index contributed by atoms with van der Waals surface area (Å²) in [6, 6.07) is 1.03. The average Bonchev–Trinajstić information content (AvgIpc) is 2.36. The average molecular weight is 334 g/mol. The van der Waals surface area contributed by atoms with Crippen molar-refractivity contribution in [1.82, 2.24) is 5.32 Å². The zero-order chi connectivity index (χ0) is 18.0. The lowest BCUT2D eigenvalue weighted by atomic mass is 9.99. The number of ether oxygens (including phenoxy) is 1. The molecule has 0 saturated carbocycles. The lowest BCUT2D eigenvalue weighted by molar-refractivity contribution is -0.385. The molecular formula is C14H17F3N2O4. The van der Waals surface area contributed by atoms with Crippen LogP contribution in [0.5, 0.6) is 0 Å². The number of nitro groups is 1. The number of alkyl halides is 3. The minimum atomic E-state index is -4.80. The van der Waals surface area contributed by atoms with Gasteiger partial charge in [0.05, 0.1) is 22.6 Å². The predicted molar refractivity (Wildman–Crippen MR) is 76.3 cm³/mol. The molecule has 0 aliphatic carbocycles. The Bertz CT molecular complexity index is 627. The van der Waals surface area contributed by atoms with E-state index in [0.29, 0.717) is 12.1 Å². The number of nitrogens with zero attached hydrogens (tertiary/aromatic N) is 1. The maximum atomic E-state index is 12.9. The van der Waals surface area contributed by atoms with Crippen LogP contribution < -0.4 is 5.32 Å². The first kappa shape index (κ1) is 18.9. The van der Waals surface area contributed by atoms with Crippen LogP contribution >= 0.6 is 0 Å². The van der Waals surface area contributed by atoms with Gasteiger partial charge in [0, 0.05) is 24.3 Å². The molecule has 0 aliphatic heterocycles. The highest BCUT2D eigenvalue weighted by atomic mass is 19.4. The SMILES string of the molecule is COCC(C)(C)NC(=O)c1cc(C(F)(F)F)cc([N+](=O)[O-])c1C. The minimum absolute atomic E-state index is 0.124. The monoisotopic (exact) mass is 334 g/mol. The van der Waals surface area contributed by atoms with Gasteiger partial charge < -0.3 is 10.1 Å². The number of carbonyl (C=O) groups is 1. The molecule has 1 aromatic rings. The van der Waals surface area contributed by atoms with E-state index in [9.17, 15) is 28.1 Å². The maximum Gasteiger partial charge on any atom is 0.416 e. The standard InChI is InChI=1S/C14H17F3N2O4/c1-8-10(12(20)18-13(2,3)7-23-4)5-9(14(15,16)17)6-11(8)19(21)22/h5-6H,7H2,1-4H3,(H,18,20). The van der Waals surface area contributed by atoms with Gasteiger partial charge in [-0.05, 0) is 26.8 Å². The van der Waals surface area contributed by atoms with Crippen LogP contribution in [-0.4, -0.2) is 30.1 Å². The summed E-state index contributed by atoms with van der Waals surface area (Å²) >= 11 is 0. The van der Waals surface area contributed by atoms with E-state index in [1.807, 2.05) is 0 Å². The van der Waals surface area contributed by atoms with Crippen molar-refractivity contribution in [2.45, 2.75) is 32.5 Å². The lowest BCUT2D eigenvalue weighted by Crippen LogP contribution is -2.47. The molecule has 0 heterocycles. The Labute approximate surface area is 130 Å². The molecule has 0 saturated heterocycles. The predicted octanol–water partition coefficient (Wildman–Crippen LogP) is 3.08. The van der Waals surface area contributed by atoms with Gasteiger partial charge in [0.25, 0.3) is 11.6 Å². The normalized spacial score (nSPS) is 12.1. The van der Waals surface area contributed by atoms with E-state index in [1.165, 1.54) is 14.0 Å². The molecule has 1 aromatic carbocycles. The molecule has 0 unspecified atom stereocenters. The van der Waals surface area contributed by atoms with Crippen molar-refractivity contribution in [3.63, 3.8) is 0 Å². The number of rotatable bonds is 5. The molecule has 128 valence electrons. The van der Waals surface area contributed by atoms with Crippen LogP contribution in [0.25, 0.3) is 0 Å². The number of methoxy groups -OCH3 is 1. The zero-order valence-electron chi connectivity index (χ0n) is 13.1. The Balaban J connectivity index is 3.37. The van der Waals surface area contributed by atoms with Gasteiger partial charge in [0.15, 0.2) is 0 Å². The summed E-state index contributed by atoms with van der Waals surface area (Å²) in [5.74, 6) is -0.834. The van der Waals surface area contributed by atoms with Gasteiger partial charge >= 0.3 is 6.18 Å². The molecule has 1 N–H and O–H groups in total.